The third kappa shape index (κ3) is 3.14. The predicted molar refractivity (Wildman–Crippen MR) is 83.8 cm³/mol. The van der Waals surface area contributed by atoms with Gasteiger partial charge >= 0.3 is 0 Å². The molecule has 0 bridgehead atoms. The van der Waals surface area contributed by atoms with Crippen LogP contribution in [-0.4, -0.2) is 29.9 Å². The van der Waals surface area contributed by atoms with E-state index < -0.39 is 0 Å². The number of hydrogen-bond acceptors (Lipinski definition) is 2. The van der Waals surface area contributed by atoms with E-state index in [-0.39, 0.29) is 18.3 Å². The third-order valence-corrected chi connectivity index (χ3v) is 5.81. The van der Waals surface area contributed by atoms with Gasteiger partial charge in [-0.15, -0.1) is 12.4 Å². The van der Waals surface area contributed by atoms with Crippen molar-refractivity contribution in [3.63, 3.8) is 0 Å². The minimum absolute atomic E-state index is 0. The Kier molecular flexibility index (Phi) is 5.36. The first-order valence-electron chi connectivity index (χ1n) is 8.19. The lowest BCUT2D eigenvalue weighted by Crippen LogP contribution is -2.36. The largest absolute Gasteiger partial charge is 0.342 e. The molecule has 1 saturated heterocycles. The maximum Gasteiger partial charge on any atom is 0.225 e. The van der Waals surface area contributed by atoms with Gasteiger partial charge in [-0.05, 0) is 37.0 Å². The van der Waals surface area contributed by atoms with Crippen LogP contribution in [0.5, 0.6) is 0 Å². The number of nitrogens with two attached hydrogens (primary N) is 1. The standard InChI is InChI=1S/C16H28N2O.ClH/c1-11(8-12-4-2-3-5-12)16(19)18-9-13-6-7-15(17)14(13)10-18;/h11-15H,2-10,17H2,1H3;1H. The molecular weight excluding hydrogens is 272 g/mol. The molecule has 2 saturated carbocycles. The molecule has 4 heteroatoms. The molecule has 1 heterocycles. The highest BCUT2D eigenvalue weighted by atomic mass is 35.5. The number of carbonyl (C=O) groups excluding carboxylic acids is 1. The van der Waals surface area contributed by atoms with Crippen LogP contribution in [0, 0.1) is 23.7 Å². The Morgan fingerprint density at radius 1 is 1.20 bits per heavy atom. The summed E-state index contributed by atoms with van der Waals surface area (Å²) in [6.07, 6.45) is 8.92. The van der Waals surface area contributed by atoms with Crippen LogP contribution < -0.4 is 5.73 Å². The highest BCUT2D eigenvalue weighted by Crippen LogP contribution is 2.38. The first kappa shape index (κ1) is 16.1. The highest BCUT2D eigenvalue weighted by molar-refractivity contribution is 5.85. The highest BCUT2D eigenvalue weighted by Gasteiger charge is 2.43. The smallest absolute Gasteiger partial charge is 0.225 e. The number of amides is 1. The Labute approximate surface area is 129 Å². The Bertz CT molecular complexity index is 343. The molecule has 3 fully saturated rings. The summed E-state index contributed by atoms with van der Waals surface area (Å²) in [5, 5.41) is 0. The minimum Gasteiger partial charge on any atom is -0.342 e. The van der Waals surface area contributed by atoms with Crippen LogP contribution in [0.4, 0.5) is 0 Å². The van der Waals surface area contributed by atoms with Crippen molar-refractivity contribution in [3.05, 3.63) is 0 Å². The molecule has 0 spiro atoms. The summed E-state index contributed by atoms with van der Waals surface area (Å²) in [4.78, 5) is 14.7. The molecule has 20 heavy (non-hydrogen) atoms. The average molecular weight is 301 g/mol. The Hall–Kier alpha value is -0.280. The Morgan fingerprint density at radius 2 is 1.90 bits per heavy atom. The van der Waals surface area contributed by atoms with Crippen LogP contribution in [0.25, 0.3) is 0 Å². The molecule has 1 aliphatic heterocycles. The van der Waals surface area contributed by atoms with Gasteiger partial charge in [0, 0.05) is 25.0 Å². The summed E-state index contributed by atoms with van der Waals surface area (Å²) >= 11 is 0. The van der Waals surface area contributed by atoms with Gasteiger partial charge in [-0.25, -0.2) is 0 Å². The van der Waals surface area contributed by atoms with Crippen LogP contribution >= 0.6 is 12.4 Å². The fourth-order valence-electron chi connectivity index (χ4n) is 4.65. The van der Waals surface area contributed by atoms with E-state index in [1.165, 1.54) is 32.1 Å². The molecule has 0 aromatic heterocycles. The zero-order valence-corrected chi connectivity index (χ0v) is 13.4. The van der Waals surface area contributed by atoms with E-state index in [0.29, 0.717) is 23.8 Å². The molecule has 2 N–H and O–H groups in total. The number of likely N-dealkylation sites (tertiary alicyclic amines) is 1. The molecule has 4 atom stereocenters. The average Bonchev–Trinajstić information content (AvgIpc) is 3.08. The van der Waals surface area contributed by atoms with Crippen molar-refractivity contribution in [2.75, 3.05) is 13.1 Å². The monoisotopic (exact) mass is 300 g/mol. The number of nitrogens with zero attached hydrogens (tertiary/aromatic N) is 1. The number of fused-ring (bicyclic) bond motifs is 1. The van der Waals surface area contributed by atoms with Crippen molar-refractivity contribution in [1.29, 1.82) is 0 Å². The van der Waals surface area contributed by atoms with Gasteiger partial charge in [0.25, 0.3) is 0 Å². The van der Waals surface area contributed by atoms with E-state index in [0.717, 1.165) is 31.8 Å². The summed E-state index contributed by atoms with van der Waals surface area (Å²) < 4.78 is 0. The molecule has 4 unspecified atom stereocenters. The quantitative estimate of drug-likeness (QED) is 0.871. The van der Waals surface area contributed by atoms with Gasteiger partial charge in [0.2, 0.25) is 5.91 Å². The molecule has 0 aromatic carbocycles. The first-order valence-corrected chi connectivity index (χ1v) is 8.19. The number of rotatable bonds is 3. The van der Waals surface area contributed by atoms with Crippen molar-refractivity contribution < 1.29 is 4.79 Å². The zero-order chi connectivity index (χ0) is 13.4. The molecule has 3 aliphatic rings. The molecule has 116 valence electrons. The number of halogens is 1. The minimum atomic E-state index is 0. The fraction of sp³-hybridized carbons (Fsp3) is 0.938. The van der Waals surface area contributed by atoms with Crippen LogP contribution in [0.1, 0.15) is 51.9 Å². The van der Waals surface area contributed by atoms with E-state index in [1.54, 1.807) is 0 Å². The van der Waals surface area contributed by atoms with Crippen molar-refractivity contribution in [1.82, 2.24) is 4.90 Å². The molecule has 3 nitrogen and oxygen atoms in total. The normalized spacial score (nSPS) is 34.9. The second kappa shape index (κ2) is 6.65. The van der Waals surface area contributed by atoms with Gasteiger partial charge in [0.05, 0.1) is 0 Å². The van der Waals surface area contributed by atoms with Crippen molar-refractivity contribution >= 4 is 18.3 Å². The van der Waals surface area contributed by atoms with Gasteiger partial charge in [-0.3, -0.25) is 4.79 Å². The van der Waals surface area contributed by atoms with Crippen molar-refractivity contribution in [2.24, 2.45) is 29.4 Å². The van der Waals surface area contributed by atoms with Gasteiger partial charge in [0.1, 0.15) is 0 Å². The Balaban J connectivity index is 0.00000147. The molecule has 3 rings (SSSR count). The van der Waals surface area contributed by atoms with Crippen LogP contribution in [0.3, 0.4) is 0 Å². The summed E-state index contributed by atoms with van der Waals surface area (Å²) in [6.45, 7) is 4.04. The molecule has 2 aliphatic carbocycles. The van der Waals surface area contributed by atoms with E-state index in [1.807, 2.05) is 0 Å². The molecule has 0 radical (unpaired) electrons. The topological polar surface area (TPSA) is 46.3 Å². The maximum absolute atomic E-state index is 12.6. The van der Waals surface area contributed by atoms with Gasteiger partial charge in [0.15, 0.2) is 0 Å². The first-order chi connectivity index (χ1) is 9.15. The summed E-state index contributed by atoms with van der Waals surface area (Å²) in [5.41, 5.74) is 6.15. The van der Waals surface area contributed by atoms with E-state index >= 15 is 0 Å². The lowest BCUT2D eigenvalue weighted by atomic mass is 9.93. The van der Waals surface area contributed by atoms with Crippen LogP contribution in [0.15, 0.2) is 0 Å². The lowest BCUT2D eigenvalue weighted by Gasteiger charge is -2.24. The zero-order valence-electron chi connectivity index (χ0n) is 12.6. The van der Waals surface area contributed by atoms with Crippen LogP contribution in [0.2, 0.25) is 0 Å². The summed E-state index contributed by atoms with van der Waals surface area (Å²) in [5.74, 6) is 2.70. The van der Waals surface area contributed by atoms with E-state index in [4.69, 9.17) is 5.73 Å². The Morgan fingerprint density at radius 3 is 2.55 bits per heavy atom. The van der Waals surface area contributed by atoms with Crippen molar-refractivity contribution in [2.45, 2.75) is 57.9 Å². The van der Waals surface area contributed by atoms with Crippen LogP contribution in [-0.2, 0) is 4.79 Å². The van der Waals surface area contributed by atoms with E-state index in [2.05, 4.69) is 11.8 Å². The van der Waals surface area contributed by atoms with Gasteiger partial charge in [-0.1, -0.05) is 32.6 Å². The predicted octanol–water partition coefficient (Wildman–Crippen LogP) is 2.82. The fourth-order valence-corrected chi connectivity index (χ4v) is 4.65. The second-order valence-corrected chi connectivity index (χ2v) is 7.20. The number of carbonyl (C=O) groups is 1. The summed E-state index contributed by atoms with van der Waals surface area (Å²) in [6, 6.07) is 0.341. The molecular formula is C16H29ClN2O. The van der Waals surface area contributed by atoms with Gasteiger partial charge in [-0.2, -0.15) is 0 Å². The van der Waals surface area contributed by atoms with Crippen molar-refractivity contribution in [3.8, 4) is 0 Å². The summed E-state index contributed by atoms with van der Waals surface area (Å²) in [7, 11) is 0. The third-order valence-electron chi connectivity index (χ3n) is 5.81. The molecule has 0 aromatic rings. The lowest BCUT2D eigenvalue weighted by molar-refractivity contribution is -0.134. The second-order valence-electron chi connectivity index (χ2n) is 7.20. The van der Waals surface area contributed by atoms with Gasteiger partial charge < -0.3 is 10.6 Å². The number of hydrogen-bond donors (Lipinski definition) is 1. The SMILES string of the molecule is CC(CC1CCCC1)C(=O)N1CC2CCC(N)C2C1.Cl. The maximum atomic E-state index is 12.6. The van der Waals surface area contributed by atoms with E-state index in [9.17, 15) is 4.79 Å². The molecule has 1 amide bonds.